The fourth-order valence-corrected chi connectivity index (χ4v) is 9.01. The molecule has 0 saturated carbocycles. The van der Waals surface area contributed by atoms with Gasteiger partial charge in [-0.2, -0.15) is 6.07 Å². The van der Waals surface area contributed by atoms with Crippen molar-refractivity contribution < 1.29 is 30.6 Å². The number of rotatable bonds is 3. The third-order valence-corrected chi connectivity index (χ3v) is 11.8. The SMILES string of the molecule is CC(C)(C)c1ccnc(-n2c3[c-]c(Oc4[c-]c5c(cc4)[Si](C)(C)c4ccccc4C5=O)ccc3c3ccccc32)c1.[Pt+2]. The molecule has 6 aromatic rings. The van der Waals surface area contributed by atoms with E-state index in [1.807, 2.05) is 42.6 Å². The number of hydrogen-bond donors (Lipinski definition) is 0. The summed E-state index contributed by atoms with van der Waals surface area (Å²) in [6.07, 6.45) is 1.87. The number of carbonyl (C=O) groups excluding carboxylic acids is 1. The van der Waals surface area contributed by atoms with Gasteiger partial charge in [-0.3, -0.25) is 0 Å². The van der Waals surface area contributed by atoms with Crippen molar-refractivity contribution in [3.8, 4) is 17.3 Å². The molecule has 7 rings (SSSR count). The van der Waals surface area contributed by atoms with Crippen LogP contribution in [0.15, 0.2) is 91.1 Å². The number of hydrogen-bond acceptors (Lipinski definition) is 3. The molecule has 42 heavy (non-hydrogen) atoms. The van der Waals surface area contributed by atoms with E-state index >= 15 is 0 Å². The van der Waals surface area contributed by atoms with E-state index in [0.717, 1.165) is 38.4 Å². The Bertz CT molecular complexity index is 2020. The van der Waals surface area contributed by atoms with E-state index in [1.165, 1.54) is 10.8 Å². The summed E-state index contributed by atoms with van der Waals surface area (Å²) in [6, 6.07) is 35.4. The van der Waals surface area contributed by atoms with Crippen molar-refractivity contribution in [1.29, 1.82) is 0 Å². The molecule has 0 fully saturated rings. The molecule has 1 aliphatic heterocycles. The van der Waals surface area contributed by atoms with Crippen molar-refractivity contribution in [2.45, 2.75) is 39.3 Å². The first-order chi connectivity index (χ1) is 19.6. The molecule has 0 saturated heterocycles. The molecule has 0 radical (unpaired) electrons. The number of pyridine rings is 1. The maximum atomic E-state index is 13.5. The number of ketones is 1. The van der Waals surface area contributed by atoms with Gasteiger partial charge in [0, 0.05) is 23.2 Å². The smallest absolute Gasteiger partial charge is 0.503 e. The van der Waals surface area contributed by atoms with Crippen molar-refractivity contribution in [1.82, 2.24) is 9.55 Å². The van der Waals surface area contributed by atoms with E-state index < -0.39 is 8.07 Å². The molecule has 0 bridgehead atoms. The number of benzene rings is 4. The maximum Gasteiger partial charge on any atom is 2.00 e. The molecule has 2 aromatic heterocycles. The Balaban J connectivity index is 0.00000316. The van der Waals surface area contributed by atoms with Crippen molar-refractivity contribution in [2.75, 3.05) is 0 Å². The summed E-state index contributed by atoms with van der Waals surface area (Å²) < 4.78 is 8.49. The summed E-state index contributed by atoms with van der Waals surface area (Å²) in [5, 5.41) is 4.48. The van der Waals surface area contributed by atoms with Crippen molar-refractivity contribution in [2.24, 2.45) is 0 Å². The molecule has 0 atom stereocenters. The second-order valence-electron chi connectivity index (χ2n) is 12.3. The predicted molar refractivity (Wildman–Crippen MR) is 168 cm³/mol. The first-order valence-electron chi connectivity index (χ1n) is 13.9. The quantitative estimate of drug-likeness (QED) is 0.142. The summed E-state index contributed by atoms with van der Waals surface area (Å²) >= 11 is 0. The molecular weight excluding hydrogens is 716 g/mol. The van der Waals surface area contributed by atoms with Gasteiger partial charge in [-0.15, -0.1) is 34.8 Å². The third kappa shape index (κ3) is 4.47. The minimum atomic E-state index is -2.03. The Kier molecular flexibility index (Phi) is 6.87. The van der Waals surface area contributed by atoms with Gasteiger partial charge in [0.2, 0.25) is 0 Å². The number of ether oxygens (including phenoxy) is 1. The number of carbonyl (C=O) groups is 1. The number of fused-ring (bicyclic) bond motifs is 5. The maximum absolute atomic E-state index is 13.5. The Morgan fingerprint density at radius 2 is 1.52 bits per heavy atom. The second-order valence-corrected chi connectivity index (χ2v) is 16.6. The molecule has 0 spiro atoms. The first kappa shape index (κ1) is 28.3. The fourth-order valence-electron chi connectivity index (χ4n) is 6.04. The molecular formula is C36H30N2O2PtSi. The topological polar surface area (TPSA) is 44.1 Å². The Morgan fingerprint density at radius 3 is 2.33 bits per heavy atom. The van der Waals surface area contributed by atoms with Crippen LogP contribution in [0.2, 0.25) is 13.1 Å². The van der Waals surface area contributed by atoms with E-state index in [-0.39, 0.29) is 32.3 Å². The Hall–Kier alpha value is -3.79. The normalized spacial score (nSPS) is 13.9. The van der Waals surface area contributed by atoms with E-state index in [0.29, 0.717) is 17.1 Å². The van der Waals surface area contributed by atoms with E-state index in [9.17, 15) is 4.79 Å². The molecule has 4 aromatic carbocycles. The van der Waals surface area contributed by atoms with Gasteiger partial charge in [0.25, 0.3) is 0 Å². The Labute approximate surface area is 261 Å². The molecule has 6 heteroatoms. The summed E-state index contributed by atoms with van der Waals surface area (Å²) in [4.78, 5) is 18.3. The standard InChI is InChI=1S/C36H30N2O2Si.Pt/c1-36(2,3)23-18-19-37-34(20-23)38-30-12-8-6-10-26(30)27-16-14-25(22-31(27)38)40-24-15-17-33-29(21-24)35(39)28-11-7-9-13-32(28)41(33,4)5;/h6-20H,1-5H3;/q-2;+2. The van der Waals surface area contributed by atoms with Gasteiger partial charge in [0.1, 0.15) is 11.6 Å². The van der Waals surface area contributed by atoms with Crippen LogP contribution in [-0.4, -0.2) is 23.4 Å². The van der Waals surface area contributed by atoms with Gasteiger partial charge in [0.05, 0.1) is 8.07 Å². The van der Waals surface area contributed by atoms with Crippen LogP contribution in [0.5, 0.6) is 11.5 Å². The first-order valence-corrected chi connectivity index (χ1v) is 16.9. The molecule has 0 amide bonds. The second kappa shape index (κ2) is 10.2. The fraction of sp³-hybridized carbons (Fsp3) is 0.167. The van der Waals surface area contributed by atoms with Crippen LogP contribution in [0.1, 0.15) is 42.3 Å². The van der Waals surface area contributed by atoms with Crippen LogP contribution in [-0.2, 0) is 26.5 Å². The van der Waals surface area contributed by atoms with Crippen LogP contribution in [0.25, 0.3) is 27.6 Å². The molecule has 0 aliphatic carbocycles. The van der Waals surface area contributed by atoms with Crippen molar-refractivity contribution >= 4 is 46.0 Å². The average Bonchev–Trinajstić information content (AvgIpc) is 3.29. The average molecular weight is 746 g/mol. The van der Waals surface area contributed by atoms with Crippen molar-refractivity contribution in [3.05, 3.63) is 120 Å². The van der Waals surface area contributed by atoms with Crippen molar-refractivity contribution in [3.63, 3.8) is 0 Å². The molecule has 0 unspecified atom stereocenters. The monoisotopic (exact) mass is 745 g/mol. The molecule has 0 N–H and O–H groups in total. The zero-order valence-electron chi connectivity index (χ0n) is 24.2. The van der Waals surface area contributed by atoms with Gasteiger partial charge in [-0.1, -0.05) is 98.7 Å². The molecule has 3 heterocycles. The van der Waals surface area contributed by atoms with E-state index in [2.05, 4.69) is 99.1 Å². The molecule has 4 nitrogen and oxygen atoms in total. The van der Waals surface area contributed by atoms with E-state index in [1.54, 1.807) is 0 Å². The molecule has 1 aliphatic rings. The minimum absolute atomic E-state index is 0. The third-order valence-electron chi connectivity index (χ3n) is 8.28. The van der Waals surface area contributed by atoms with Crippen LogP contribution < -0.4 is 15.1 Å². The van der Waals surface area contributed by atoms with Gasteiger partial charge in [-0.05, 0) is 40.1 Å². The van der Waals surface area contributed by atoms with Gasteiger partial charge in [0.15, 0.2) is 0 Å². The number of aromatic nitrogens is 2. The van der Waals surface area contributed by atoms with Crippen LogP contribution in [0.4, 0.5) is 0 Å². The van der Waals surface area contributed by atoms with Gasteiger partial charge in [-0.25, -0.2) is 4.98 Å². The zero-order valence-corrected chi connectivity index (χ0v) is 27.5. The summed E-state index contributed by atoms with van der Waals surface area (Å²) in [5.41, 5.74) is 4.56. The predicted octanol–water partition coefficient (Wildman–Crippen LogP) is 7.23. The summed E-state index contributed by atoms with van der Waals surface area (Å²) in [6.45, 7) is 11.2. The van der Waals surface area contributed by atoms with Gasteiger partial charge >= 0.3 is 21.1 Å². The van der Waals surface area contributed by atoms with Crippen LogP contribution >= 0.6 is 0 Å². The summed E-state index contributed by atoms with van der Waals surface area (Å²) in [5.74, 6) is 1.92. The largest absolute Gasteiger partial charge is 2.00 e. The van der Waals surface area contributed by atoms with Crippen LogP contribution in [0, 0.1) is 12.1 Å². The van der Waals surface area contributed by atoms with Gasteiger partial charge < -0.3 is 14.1 Å². The Morgan fingerprint density at radius 1 is 0.810 bits per heavy atom. The minimum Gasteiger partial charge on any atom is -0.503 e. The number of nitrogens with zero attached hydrogens (tertiary/aromatic N) is 2. The van der Waals surface area contributed by atoms with E-state index in [4.69, 9.17) is 9.72 Å². The van der Waals surface area contributed by atoms with Crippen LogP contribution in [0.3, 0.4) is 0 Å². The number of para-hydroxylation sites is 1. The molecule has 210 valence electrons. The zero-order chi connectivity index (χ0) is 28.5. The summed E-state index contributed by atoms with van der Waals surface area (Å²) in [7, 11) is -2.03.